The molecular weight excluding hydrogens is 343 g/mol. The summed E-state index contributed by atoms with van der Waals surface area (Å²) in [5, 5.41) is 7.97. The highest BCUT2D eigenvalue weighted by Crippen LogP contribution is 2.31. The van der Waals surface area contributed by atoms with Crippen LogP contribution in [0.25, 0.3) is 10.8 Å². The molecule has 0 spiro atoms. The molecule has 0 aromatic heterocycles. The van der Waals surface area contributed by atoms with Gasteiger partial charge in [-0.05, 0) is 29.3 Å². The highest BCUT2D eigenvalue weighted by Gasteiger charge is 2.33. The first-order chi connectivity index (χ1) is 10.4. The lowest BCUT2D eigenvalue weighted by Crippen LogP contribution is -2.49. The van der Waals surface area contributed by atoms with Crippen molar-refractivity contribution in [2.45, 2.75) is 29.7 Å². The molecule has 22 heavy (non-hydrogen) atoms. The van der Waals surface area contributed by atoms with E-state index in [0.717, 1.165) is 22.9 Å². The molecule has 0 saturated carbocycles. The largest absolute Gasteiger partial charge is 0.362 e. The molecule has 0 aliphatic heterocycles. The molecule has 1 amide bonds. The van der Waals surface area contributed by atoms with Crippen molar-refractivity contribution in [3.8, 4) is 0 Å². The van der Waals surface area contributed by atoms with Gasteiger partial charge in [-0.2, -0.15) is 0 Å². The number of anilines is 1. The summed E-state index contributed by atoms with van der Waals surface area (Å²) < 4.78 is -1.66. The zero-order valence-electron chi connectivity index (χ0n) is 12.1. The van der Waals surface area contributed by atoms with Gasteiger partial charge in [-0.15, -0.1) is 0 Å². The first-order valence-corrected chi connectivity index (χ1v) is 8.15. The summed E-state index contributed by atoms with van der Waals surface area (Å²) >= 11 is 17.9. The third kappa shape index (κ3) is 4.67. The van der Waals surface area contributed by atoms with E-state index in [4.69, 9.17) is 34.8 Å². The molecule has 0 radical (unpaired) electrons. The summed E-state index contributed by atoms with van der Waals surface area (Å²) in [4.78, 5) is 11.8. The van der Waals surface area contributed by atoms with Gasteiger partial charge in [-0.1, -0.05) is 72.1 Å². The van der Waals surface area contributed by atoms with Crippen LogP contribution in [0.2, 0.25) is 0 Å². The Morgan fingerprint density at radius 1 is 1.14 bits per heavy atom. The summed E-state index contributed by atoms with van der Waals surface area (Å²) in [6.45, 7) is 1.92. The number of fused-ring (bicyclic) bond motifs is 1. The topological polar surface area (TPSA) is 41.1 Å². The number of halogens is 3. The molecule has 3 nitrogen and oxygen atoms in total. The second kappa shape index (κ2) is 7.40. The molecule has 0 heterocycles. The number of alkyl halides is 3. The van der Waals surface area contributed by atoms with Crippen LogP contribution in [-0.2, 0) is 4.79 Å². The average Bonchev–Trinajstić information content (AvgIpc) is 2.46. The van der Waals surface area contributed by atoms with Crippen LogP contribution in [0.5, 0.6) is 0 Å². The molecule has 2 rings (SSSR count). The van der Waals surface area contributed by atoms with Crippen molar-refractivity contribution in [2.24, 2.45) is 0 Å². The maximum atomic E-state index is 11.8. The monoisotopic (exact) mass is 358 g/mol. The van der Waals surface area contributed by atoms with Crippen LogP contribution in [0.1, 0.15) is 19.8 Å². The van der Waals surface area contributed by atoms with Crippen molar-refractivity contribution in [1.29, 1.82) is 0 Å². The van der Waals surface area contributed by atoms with Gasteiger partial charge in [-0.25, -0.2) is 0 Å². The molecule has 0 aliphatic carbocycles. The summed E-state index contributed by atoms with van der Waals surface area (Å²) in [6.07, 6.45) is 0.308. The zero-order valence-corrected chi connectivity index (χ0v) is 14.3. The van der Waals surface area contributed by atoms with Gasteiger partial charge < -0.3 is 10.6 Å². The molecular formula is C16H17Cl3N2O. The predicted octanol–water partition coefficient (Wildman–Crippen LogP) is 4.86. The number of carbonyl (C=O) groups excluding carboxylic acids is 1. The van der Waals surface area contributed by atoms with Gasteiger partial charge in [0.05, 0.1) is 0 Å². The normalized spacial score (nSPS) is 12.9. The smallest absolute Gasteiger partial charge is 0.228 e. The van der Waals surface area contributed by atoms with Crippen LogP contribution >= 0.6 is 34.8 Å². The van der Waals surface area contributed by atoms with Gasteiger partial charge in [0.25, 0.3) is 0 Å². The van der Waals surface area contributed by atoms with Gasteiger partial charge in [0, 0.05) is 12.1 Å². The van der Waals surface area contributed by atoms with Crippen molar-refractivity contribution in [3.63, 3.8) is 0 Å². The number of rotatable bonds is 5. The number of nitrogens with one attached hydrogen (secondary N) is 2. The van der Waals surface area contributed by atoms with Crippen molar-refractivity contribution >= 4 is 57.2 Å². The lowest BCUT2D eigenvalue weighted by molar-refractivity contribution is -0.121. The molecule has 0 fully saturated rings. The maximum absolute atomic E-state index is 11.8. The van der Waals surface area contributed by atoms with E-state index < -0.39 is 9.96 Å². The SMILES string of the molecule is CCCC(=O)N[C@@H](Nc1ccc2ccccc2c1)C(Cl)(Cl)Cl. The maximum Gasteiger partial charge on any atom is 0.228 e. The molecule has 2 aromatic carbocycles. The first-order valence-electron chi connectivity index (χ1n) is 7.01. The van der Waals surface area contributed by atoms with E-state index in [1.165, 1.54) is 0 Å². The van der Waals surface area contributed by atoms with Gasteiger partial charge >= 0.3 is 0 Å². The van der Waals surface area contributed by atoms with E-state index >= 15 is 0 Å². The average molecular weight is 360 g/mol. The van der Waals surface area contributed by atoms with Crippen LogP contribution in [-0.4, -0.2) is 15.9 Å². The van der Waals surface area contributed by atoms with Gasteiger partial charge in [0.15, 0.2) is 0 Å². The Bertz CT molecular complexity index is 655. The number of amides is 1. The van der Waals surface area contributed by atoms with Crippen LogP contribution in [0.15, 0.2) is 42.5 Å². The second-order valence-corrected chi connectivity index (χ2v) is 7.37. The third-order valence-electron chi connectivity index (χ3n) is 3.17. The standard InChI is InChI=1S/C16H17Cl3N2O/c1-2-5-14(22)21-15(16(17,18)19)20-13-9-8-11-6-3-4-7-12(11)10-13/h3-4,6-10,15,20H,2,5H2,1H3,(H,21,22)/t15-/m1/s1. The van der Waals surface area contributed by atoms with Crippen molar-refractivity contribution in [1.82, 2.24) is 5.32 Å². The van der Waals surface area contributed by atoms with Crippen LogP contribution in [0, 0.1) is 0 Å². The van der Waals surface area contributed by atoms with Crippen molar-refractivity contribution < 1.29 is 4.79 Å². The Morgan fingerprint density at radius 2 is 1.82 bits per heavy atom. The highest BCUT2D eigenvalue weighted by molar-refractivity contribution is 6.68. The minimum atomic E-state index is -1.66. The number of carbonyl (C=O) groups is 1. The van der Waals surface area contributed by atoms with E-state index in [1.54, 1.807) is 0 Å². The lowest BCUT2D eigenvalue weighted by atomic mass is 10.1. The molecule has 1 atom stereocenters. The molecule has 0 bridgehead atoms. The summed E-state index contributed by atoms with van der Waals surface area (Å²) in [7, 11) is 0. The van der Waals surface area contributed by atoms with E-state index in [1.807, 2.05) is 49.4 Å². The van der Waals surface area contributed by atoms with Gasteiger partial charge in [-0.3, -0.25) is 4.79 Å². The Hall–Kier alpha value is -1.16. The molecule has 2 N–H and O–H groups in total. The first kappa shape index (κ1) is 17.2. The van der Waals surface area contributed by atoms with Crippen molar-refractivity contribution in [3.05, 3.63) is 42.5 Å². The lowest BCUT2D eigenvalue weighted by Gasteiger charge is -2.27. The minimum Gasteiger partial charge on any atom is -0.362 e. The molecule has 6 heteroatoms. The number of hydrogen-bond donors (Lipinski definition) is 2. The Morgan fingerprint density at radius 3 is 2.45 bits per heavy atom. The molecule has 2 aromatic rings. The van der Waals surface area contributed by atoms with Crippen LogP contribution in [0.4, 0.5) is 5.69 Å². The molecule has 0 unspecified atom stereocenters. The van der Waals surface area contributed by atoms with Gasteiger partial charge in [0.2, 0.25) is 9.70 Å². The molecule has 0 saturated heterocycles. The minimum absolute atomic E-state index is 0.160. The third-order valence-corrected chi connectivity index (χ3v) is 3.82. The number of benzene rings is 2. The second-order valence-electron chi connectivity index (χ2n) is 5.00. The van der Waals surface area contributed by atoms with Crippen molar-refractivity contribution in [2.75, 3.05) is 5.32 Å². The Balaban J connectivity index is 2.19. The molecule has 0 aliphatic rings. The summed E-state index contributed by atoms with van der Waals surface area (Å²) in [5.74, 6) is -0.160. The van der Waals surface area contributed by atoms with Crippen LogP contribution in [0.3, 0.4) is 0 Å². The summed E-state index contributed by atoms with van der Waals surface area (Å²) in [6, 6.07) is 13.8. The molecule has 118 valence electrons. The quantitative estimate of drug-likeness (QED) is 0.591. The highest BCUT2D eigenvalue weighted by atomic mass is 35.6. The Kier molecular flexibility index (Phi) is 5.79. The van der Waals surface area contributed by atoms with Crippen LogP contribution < -0.4 is 10.6 Å². The van der Waals surface area contributed by atoms with E-state index in [-0.39, 0.29) is 5.91 Å². The fraction of sp³-hybridized carbons (Fsp3) is 0.312. The fourth-order valence-corrected chi connectivity index (χ4v) is 2.43. The van der Waals surface area contributed by atoms with E-state index in [2.05, 4.69) is 10.6 Å². The zero-order chi connectivity index (χ0) is 16.2. The Labute approximate surface area is 144 Å². The van der Waals surface area contributed by atoms with Gasteiger partial charge in [0.1, 0.15) is 6.17 Å². The fourth-order valence-electron chi connectivity index (χ4n) is 2.11. The predicted molar refractivity (Wildman–Crippen MR) is 94.7 cm³/mol. The van der Waals surface area contributed by atoms with E-state index in [9.17, 15) is 4.79 Å². The number of hydrogen-bond acceptors (Lipinski definition) is 2. The summed E-state index contributed by atoms with van der Waals surface area (Å²) in [5.41, 5.74) is 0.770. The van der Waals surface area contributed by atoms with E-state index in [0.29, 0.717) is 6.42 Å².